The van der Waals surface area contributed by atoms with Gasteiger partial charge in [-0.15, -0.1) is 0 Å². The van der Waals surface area contributed by atoms with Gasteiger partial charge in [-0.2, -0.15) is 0 Å². The average molecular weight is 523 g/mol. The minimum absolute atomic E-state index is 0.195. The van der Waals surface area contributed by atoms with Crippen LogP contribution < -0.4 is 19.1 Å². The van der Waals surface area contributed by atoms with Crippen molar-refractivity contribution >= 4 is 38.9 Å². The van der Waals surface area contributed by atoms with Crippen molar-refractivity contribution < 1.29 is 22.7 Å². The first-order chi connectivity index (χ1) is 17.3. The molecule has 4 rings (SSSR count). The predicted octanol–water partition coefficient (Wildman–Crippen LogP) is 5.97. The van der Waals surface area contributed by atoms with Crippen molar-refractivity contribution in [1.29, 1.82) is 0 Å². The highest BCUT2D eigenvalue weighted by atomic mass is 35.5. The van der Waals surface area contributed by atoms with E-state index in [4.69, 9.17) is 21.1 Å². The van der Waals surface area contributed by atoms with Crippen molar-refractivity contribution in [3.05, 3.63) is 108 Å². The summed E-state index contributed by atoms with van der Waals surface area (Å²) in [6.07, 6.45) is 0. The Morgan fingerprint density at radius 3 is 2.17 bits per heavy atom. The molecule has 1 amide bonds. The SMILES string of the molecule is CN(c1ccc(OCC(=O)Nc2cc(Cl)ccc2Oc2ccccc2)cc1)S(=O)(=O)c1ccccc1. The van der Waals surface area contributed by atoms with Gasteiger partial charge in [-0.25, -0.2) is 8.42 Å². The van der Waals surface area contributed by atoms with Gasteiger partial charge in [0.05, 0.1) is 16.3 Å². The summed E-state index contributed by atoms with van der Waals surface area (Å²) in [5.74, 6) is 1.05. The van der Waals surface area contributed by atoms with E-state index in [9.17, 15) is 13.2 Å². The zero-order valence-corrected chi connectivity index (χ0v) is 20.9. The van der Waals surface area contributed by atoms with Crippen molar-refractivity contribution in [2.24, 2.45) is 0 Å². The number of benzene rings is 4. The van der Waals surface area contributed by atoms with E-state index in [1.807, 2.05) is 18.2 Å². The highest BCUT2D eigenvalue weighted by molar-refractivity contribution is 7.92. The molecule has 0 heterocycles. The quantitative estimate of drug-likeness (QED) is 0.292. The number of carbonyl (C=O) groups excluding carboxylic acids is 1. The highest BCUT2D eigenvalue weighted by Crippen LogP contribution is 2.32. The second-order valence-corrected chi connectivity index (χ2v) is 10.1. The van der Waals surface area contributed by atoms with E-state index in [1.54, 1.807) is 72.8 Å². The molecule has 0 aliphatic rings. The van der Waals surface area contributed by atoms with Gasteiger partial charge in [-0.1, -0.05) is 48.0 Å². The van der Waals surface area contributed by atoms with Crippen LogP contribution in [0.5, 0.6) is 17.2 Å². The van der Waals surface area contributed by atoms with Crippen LogP contribution in [-0.4, -0.2) is 28.0 Å². The molecule has 0 aliphatic carbocycles. The fraction of sp³-hybridized carbons (Fsp3) is 0.0741. The molecule has 4 aromatic carbocycles. The second kappa shape index (κ2) is 11.2. The van der Waals surface area contributed by atoms with Crippen molar-refractivity contribution in [2.75, 3.05) is 23.3 Å². The maximum absolute atomic E-state index is 12.8. The maximum atomic E-state index is 12.8. The summed E-state index contributed by atoms with van der Waals surface area (Å²) in [6.45, 7) is -0.269. The van der Waals surface area contributed by atoms with Crippen LogP contribution in [0, 0.1) is 0 Å². The molecule has 9 heteroatoms. The normalized spacial score (nSPS) is 10.9. The van der Waals surface area contributed by atoms with Gasteiger partial charge >= 0.3 is 0 Å². The first kappa shape index (κ1) is 25.1. The van der Waals surface area contributed by atoms with Crippen molar-refractivity contribution in [3.8, 4) is 17.2 Å². The number of hydrogen-bond acceptors (Lipinski definition) is 5. The molecule has 0 saturated heterocycles. The topological polar surface area (TPSA) is 84.9 Å². The molecule has 0 fully saturated rings. The minimum Gasteiger partial charge on any atom is -0.484 e. The van der Waals surface area contributed by atoms with Crippen LogP contribution in [0.4, 0.5) is 11.4 Å². The smallest absolute Gasteiger partial charge is 0.264 e. The van der Waals surface area contributed by atoms with Gasteiger partial charge < -0.3 is 14.8 Å². The average Bonchev–Trinajstić information content (AvgIpc) is 2.90. The van der Waals surface area contributed by atoms with E-state index in [2.05, 4.69) is 5.32 Å². The number of para-hydroxylation sites is 1. The van der Waals surface area contributed by atoms with Gasteiger partial charge in [0.2, 0.25) is 0 Å². The molecule has 0 radical (unpaired) electrons. The standard InChI is InChI=1S/C27H23ClN2O5S/c1-30(36(32,33)24-10-6-3-7-11-24)21-13-15-22(16-14-21)34-19-27(31)29-25-18-20(28)12-17-26(25)35-23-8-4-2-5-9-23/h2-18H,19H2,1H3,(H,29,31). The Morgan fingerprint density at radius 2 is 1.50 bits per heavy atom. The number of hydrogen-bond donors (Lipinski definition) is 1. The molecule has 1 N–H and O–H groups in total. The molecule has 7 nitrogen and oxygen atoms in total. The predicted molar refractivity (Wildman–Crippen MR) is 141 cm³/mol. The highest BCUT2D eigenvalue weighted by Gasteiger charge is 2.21. The first-order valence-electron chi connectivity index (χ1n) is 10.9. The van der Waals surface area contributed by atoms with E-state index < -0.39 is 15.9 Å². The van der Waals surface area contributed by atoms with E-state index in [1.165, 1.54) is 23.5 Å². The van der Waals surface area contributed by atoms with E-state index >= 15 is 0 Å². The Hall–Kier alpha value is -4.01. The van der Waals surface area contributed by atoms with Crippen molar-refractivity contribution in [2.45, 2.75) is 4.90 Å². The van der Waals surface area contributed by atoms with Crippen molar-refractivity contribution in [3.63, 3.8) is 0 Å². The number of anilines is 2. The Balaban J connectivity index is 1.38. The summed E-state index contributed by atoms with van der Waals surface area (Å²) in [6, 6.07) is 28.7. The Bertz CT molecular complexity index is 1430. The monoisotopic (exact) mass is 522 g/mol. The number of nitrogens with zero attached hydrogens (tertiary/aromatic N) is 1. The minimum atomic E-state index is -3.69. The van der Waals surface area contributed by atoms with Gasteiger partial charge in [0.1, 0.15) is 11.5 Å². The van der Waals surface area contributed by atoms with Gasteiger partial charge in [0, 0.05) is 12.1 Å². The Kier molecular flexibility index (Phi) is 7.77. The summed E-state index contributed by atoms with van der Waals surface area (Å²) in [5, 5.41) is 3.19. The number of nitrogens with one attached hydrogen (secondary N) is 1. The van der Waals surface area contributed by atoms with Crippen LogP contribution in [-0.2, 0) is 14.8 Å². The molecule has 0 bridgehead atoms. The van der Waals surface area contributed by atoms with Crippen molar-refractivity contribution in [1.82, 2.24) is 0 Å². The van der Waals surface area contributed by atoms with E-state index in [0.29, 0.717) is 33.6 Å². The number of ether oxygens (including phenoxy) is 2. The first-order valence-corrected chi connectivity index (χ1v) is 12.7. The molecule has 184 valence electrons. The van der Waals surface area contributed by atoms with Gasteiger partial charge in [0.15, 0.2) is 12.4 Å². The zero-order chi connectivity index (χ0) is 25.5. The largest absolute Gasteiger partial charge is 0.484 e. The molecular formula is C27H23ClN2O5S. The van der Waals surface area contributed by atoms with Crippen LogP contribution in [0.1, 0.15) is 0 Å². The maximum Gasteiger partial charge on any atom is 0.264 e. The third-order valence-corrected chi connectivity index (χ3v) is 7.19. The van der Waals surface area contributed by atoms with Crippen LogP contribution in [0.25, 0.3) is 0 Å². The number of carbonyl (C=O) groups is 1. The van der Waals surface area contributed by atoms with Gasteiger partial charge in [-0.3, -0.25) is 9.10 Å². The Morgan fingerprint density at radius 1 is 0.861 bits per heavy atom. The second-order valence-electron chi connectivity index (χ2n) is 7.67. The summed E-state index contributed by atoms with van der Waals surface area (Å²) >= 11 is 6.10. The fourth-order valence-electron chi connectivity index (χ4n) is 3.28. The van der Waals surface area contributed by atoms with Crippen LogP contribution in [0.2, 0.25) is 5.02 Å². The summed E-state index contributed by atoms with van der Waals surface area (Å²) in [5.41, 5.74) is 0.861. The number of sulfonamides is 1. The molecule has 0 aliphatic heterocycles. The Labute approximate surface area is 214 Å². The number of rotatable bonds is 9. The molecule has 0 saturated carbocycles. The molecule has 0 aromatic heterocycles. The summed E-state index contributed by atoms with van der Waals surface area (Å²) in [4.78, 5) is 12.7. The zero-order valence-electron chi connectivity index (χ0n) is 19.3. The third kappa shape index (κ3) is 6.16. The van der Waals surface area contributed by atoms with Gasteiger partial charge in [0.25, 0.3) is 15.9 Å². The third-order valence-electron chi connectivity index (χ3n) is 5.16. The number of halogens is 1. The molecule has 36 heavy (non-hydrogen) atoms. The summed E-state index contributed by atoms with van der Waals surface area (Å²) < 4.78 is 38.2. The molecular weight excluding hydrogens is 500 g/mol. The van der Waals surface area contributed by atoms with Crippen LogP contribution in [0.3, 0.4) is 0 Å². The summed E-state index contributed by atoms with van der Waals surface area (Å²) in [7, 11) is -2.21. The molecule has 0 unspecified atom stereocenters. The molecule has 0 spiro atoms. The molecule has 4 aromatic rings. The van der Waals surface area contributed by atoms with Gasteiger partial charge in [-0.05, 0) is 66.7 Å². The lowest BCUT2D eigenvalue weighted by Gasteiger charge is -2.19. The van der Waals surface area contributed by atoms with E-state index in [-0.39, 0.29) is 11.5 Å². The van der Waals surface area contributed by atoms with Crippen LogP contribution in [0.15, 0.2) is 108 Å². The van der Waals surface area contributed by atoms with E-state index in [0.717, 1.165) is 0 Å². The lowest BCUT2D eigenvalue weighted by molar-refractivity contribution is -0.118. The number of amides is 1. The fourth-order valence-corrected chi connectivity index (χ4v) is 4.67. The lowest BCUT2D eigenvalue weighted by atomic mass is 10.2. The lowest BCUT2D eigenvalue weighted by Crippen LogP contribution is -2.26. The van der Waals surface area contributed by atoms with Crippen LogP contribution >= 0.6 is 11.6 Å². The molecule has 0 atom stereocenters.